The van der Waals surface area contributed by atoms with Crippen molar-refractivity contribution in [2.75, 3.05) is 6.54 Å². The molecule has 2 rings (SSSR count). The summed E-state index contributed by atoms with van der Waals surface area (Å²) < 4.78 is 26.2. The topological polar surface area (TPSA) is 70.2 Å². The Morgan fingerprint density at radius 1 is 1.41 bits per heavy atom. The van der Waals surface area contributed by atoms with Crippen LogP contribution in [0.3, 0.4) is 0 Å². The van der Waals surface area contributed by atoms with Gasteiger partial charge in [-0.1, -0.05) is 0 Å². The smallest absolute Gasteiger partial charge is 0.248 e. The van der Waals surface area contributed by atoms with Crippen molar-refractivity contribution in [1.82, 2.24) is 9.29 Å². The number of aromatic amines is 1. The fourth-order valence-electron chi connectivity index (χ4n) is 2.25. The van der Waals surface area contributed by atoms with Gasteiger partial charge in [-0.25, -0.2) is 8.42 Å². The molecule has 0 unspecified atom stereocenters. The van der Waals surface area contributed by atoms with Crippen LogP contribution in [0.4, 0.5) is 0 Å². The molecule has 0 amide bonds. The maximum Gasteiger partial charge on any atom is 0.248 e. The largest absolute Gasteiger partial charge is 0.366 e. The van der Waals surface area contributed by atoms with Crippen molar-refractivity contribution >= 4 is 10.0 Å². The van der Waals surface area contributed by atoms with E-state index in [2.05, 4.69) is 4.98 Å². The van der Waals surface area contributed by atoms with E-state index in [1.165, 1.54) is 22.8 Å². The Morgan fingerprint density at radius 3 is 2.65 bits per heavy atom. The van der Waals surface area contributed by atoms with Crippen molar-refractivity contribution in [1.29, 1.82) is 0 Å². The number of hydrogen-bond donors (Lipinski definition) is 1. The quantitative estimate of drug-likeness (QED) is 0.856. The lowest BCUT2D eigenvalue weighted by Gasteiger charge is -2.30. The Kier molecular flexibility index (Phi) is 2.87. The van der Waals surface area contributed by atoms with E-state index in [0.29, 0.717) is 6.54 Å². The predicted molar refractivity (Wildman–Crippen MR) is 64.3 cm³/mol. The fourth-order valence-corrected chi connectivity index (χ4v) is 4.14. The van der Waals surface area contributed by atoms with Crippen molar-refractivity contribution < 1.29 is 8.42 Å². The minimum Gasteiger partial charge on any atom is -0.366 e. The standard InChI is InChI=1S/C11H16N2O3S/c1-11(2)5-3-7-13(11)17(15,16)10-8-12-6-4-9(10)14/h4,6,8H,3,5,7H2,1-2H3,(H,12,14). The number of aromatic nitrogens is 1. The van der Waals surface area contributed by atoms with Crippen LogP contribution in [0.5, 0.6) is 0 Å². The minimum absolute atomic E-state index is 0.171. The summed E-state index contributed by atoms with van der Waals surface area (Å²) in [6.07, 6.45) is 4.33. The van der Waals surface area contributed by atoms with Crippen LogP contribution in [0.2, 0.25) is 0 Å². The molecule has 1 aromatic rings. The van der Waals surface area contributed by atoms with Crippen LogP contribution in [0, 0.1) is 0 Å². The molecule has 1 aromatic heterocycles. The molecule has 0 atom stereocenters. The van der Waals surface area contributed by atoms with Crippen molar-refractivity contribution in [2.24, 2.45) is 0 Å². The highest BCUT2D eigenvalue weighted by Gasteiger charge is 2.41. The van der Waals surface area contributed by atoms with Gasteiger partial charge in [0.15, 0.2) is 0 Å². The monoisotopic (exact) mass is 256 g/mol. The second-order valence-electron chi connectivity index (χ2n) is 4.87. The molecule has 1 aliphatic heterocycles. The number of nitrogens with one attached hydrogen (secondary N) is 1. The number of nitrogens with zero attached hydrogens (tertiary/aromatic N) is 1. The van der Waals surface area contributed by atoms with E-state index < -0.39 is 21.0 Å². The summed E-state index contributed by atoms with van der Waals surface area (Å²) in [4.78, 5) is 14.1. The summed E-state index contributed by atoms with van der Waals surface area (Å²) in [6, 6.07) is 1.23. The fraction of sp³-hybridized carbons (Fsp3) is 0.545. The average Bonchev–Trinajstić information content (AvgIpc) is 2.59. The van der Waals surface area contributed by atoms with Crippen LogP contribution < -0.4 is 5.43 Å². The third kappa shape index (κ3) is 2.02. The molecule has 1 aliphatic rings. The van der Waals surface area contributed by atoms with E-state index in [-0.39, 0.29) is 4.90 Å². The Bertz CT molecular complexity index is 574. The van der Waals surface area contributed by atoms with E-state index >= 15 is 0 Å². The van der Waals surface area contributed by atoms with Gasteiger partial charge in [-0.3, -0.25) is 4.79 Å². The maximum absolute atomic E-state index is 12.4. The highest BCUT2D eigenvalue weighted by atomic mass is 32.2. The molecule has 0 spiro atoms. The normalized spacial score (nSPS) is 20.6. The Hall–Kier alpha value is -1.14. The van der Waals surface area contributed by atoms with E-state index in [1.54, 1.807) is 0 Å². The third-order valence-electron chi connectivity index (χ3n) is 3.18. The molecular weight excluding hydrogens is 240 g/mol. The van der Waals surface area contributed by atoms with Crippen LogP contribution in [0.25, 0.3) is 0 Å². The number of hydrogen-bond acceptors (Lipinski definition) is 3. The van der Waals surface area contributed by atoms with E-state index in [4.69, 9.17) is 0 Å². The second kappa shape index (κ2) is 3.96. The second-order valence-corrected chi connectivity index (χ2v) is 6.70. The van der Waals surface area contributed by atoms with E-state index in [1.807, 2.05) is 13.8 Å². The Morgan fingerprint density at radius 2 is 2.12 bits per heavy atom. The van der Waals surface area contributed by atoms with E-state index in [9.17, 15) is 13.2 Å². The molecule has 0 radical (unpaired) electrons. The van der Waals surface area contributed by atoms with Gasteiger partial charge in [-0.05, 0) is 26.7 Å². The third-order valence-corrected chi connectivity index (χ3v) is 5.31. The summed E-state index contributed by atoms with van der Waals surface area (Å²) in [6.45, 7) is 4.24. The highest BCUT2D eigenvalue weighted by Crippen LogP contribution is 2.32. The predicted octanol–water partition coefficient (Wildman–Crippen LogP) is 0.938. The van der Waals surface area contributed by atoms with E-state index in [0.717, 1.165) is 12.8 Å². The highest BCUT2D eigenvalue weighted by molar-refractivity contribution is 7.89. The number of rotatable bonds is 2. The first kappa shape index (κ1) is 12.3. The SMILES string of the molecule is CC1(C)CCCN1S(=O)(=O)c1c[nH]ccc1=O. The molecule has 5 nitrogen and oxygen atoms in total. The summed E-state index contributed by atoms with van der Waals surface area (Å²) in [7, 11) is -3.69. The molecular formula is C11H16N2O3S. The lowest BCUT2D eigenvalue weighted by molar-refractivity contribution is 0.291. The zero-order valence-corrected chi connectivity index (χ0v) is 10.8. The molecule has 2 heterocycles. The van der Waals surface area contributed by atoms with Crippen LogP contribution >= 0.6 is 0 Å². The van der Waals surface area contributed by atoms with Gasteiger partial charge in [0.05, 0.1) is 0 Å². The summed E-state index contributed by atoms with van der Waals surface area (Å²) in [5.74, 6) is 0. The van der Waals surface area contributed by atoms with Gasteiger partial charge in [-0.2, -0.15) is 4.31 Å². The average molecular weight is 256 g/mol. The Labute approximate surface area is 101 Å². The summed E-state index contributed by atoms with van der Waals surface area (Å²) in [5, 5.41) is 0. The maximum atomic E-state index is 12.4. The lowest BCUT2D eigenvalue weighted by Crippen LogP contribution is -2.43. The van der Waals surface area contributed by atoms with Gasteiger partial charge < -0.3 is 4.98 Å². The minimum atomic E-state index is -3.69. The van der Waals surface area contributed by atoms with Crippen LogP contribution in [-0.4, -0.2) is 29.8 Å². The molecule has 0 bridgehead atoms. The van der Waals surface area contributed by atoms with Gasteiger partial charge in [-0.15, -0.1) is 0 Å². The lowest BCUT2D eigenvalue weighted by atomic mass is 10.0. The molecule has 94 valence electrons. The zero-order valence-electron chi connectivity index (χ0n) is 9.93. The number of pyridine rings is 1. The van der Waals surface area contributed by atoms with Gasteiger partial charge in [0, 0.05) is 30.5 Å². The molecule has 0 aromatic carbocycles. The first-order valence-electron chi connectivity index (χ1n) is 5.56. The Balaban J connectivity index is 2.52. The van der Waals surface area contributed by atoms with Gasteiger partial charge >= 0.3 is 0 Å². The molecule has 1 N–H and O–H groups in total. The molecule has 1 saturated heterocycles. The molecule has 6 heteroatoms. The summed E-state index contributed by atoms with van der Waals surface area (Å²) in [5.41, 5.74) is -0.882. The first-order chi connectivity index (χ1) is 7.86. The molecule has 17 heavy (non-hydrogen) atoms. The van der Waals surface area contributed by atoms with Crippen molar-refractivity contribution in [3.63, 3.8) is 0 Å². The van der Waals surface area contributed by atoms with Gasteiger partial charge in [0.25, 0.3) is 0 Å². The van der Waals surface area contributed by atoms with Crippen molar-refractivity contribution in [3.05, 3.63) is 28.7 Å². The number of H-pyrrole nitrogens is 1. The van der Waals surface area contributed by atoms with Crippen LogP contribution in [0.15, 0.2) is 28.2 Å². The van der Waals surface area contributed by atoms with Crippen molar-refractivity contribution in [2.45, 2.75) is 37.1 Å². The molecule has 0 saturated carbocycles. The summed E-state index contributed by atoms with van der Waals surface area (Å²) >= 11 is 0. The molecule has 0 aliphatic carbocycles. The van der Waals surface area contributed by atoms with Crippen LogP contribution in [0.1, 0.15) is 26.7 Å². The van der Waals surface area contributed by atoms with Gasteiger partial charge in [0.1, 0.15) is 4.90 Å². The van der Waals surface area contributed by atoms with Gasteiger partial charge in [0.2, 0.25) is 15.5 Å². The van der Waals surface area contributed by atoms with Crippen LogP contribution in [-0.2, 0) is 10.0 Å². The van der Waals surface area contributed by atoms with Crippen molar-refractivity contribution in [3.8, 4) is 0 Å². The molecule has 1 fully saturated rings. The zero-order chi connectivity index (χ0) is 12.7. The first-order valence-corrected chi connectivity index (χ1v) is 7.00. The number of sulfonamides is 1.